The number of amides is 2. The zero-order valence-electron chi connectivity index (χ0n) is 12.6. The molecule has 1 N–H and O–H groups in total. The van der Waals surface area contributed by atoms with E-state index in [0.29, 0.717) is 5.25 Å². The first kappa shape index (κ1) is 15.4. The van der Waals surface area contributed by atoms with Gasteiger partial charge in [-0.3, -0.25) is 0 Å². The zero-order valence-corrected chi connectivity index (χ0v) is 14.3. The van der Waals surface area contributed by atoms with E-state index in [1.165, 1.54) is 10.4 Å². The lowest BCUT2D eigenvalue weighted by Crippen LogP contribution is -2.36. The van der Waals surface area contributed by atoms with Crippen LogP contribution in [0.25, 0.3) is 0 Å². The molecule has 1 aliphatic heterocycles. The minimum absolute atomic E-state index is 0.0104. The molecular weight excluding hydrogens is 312 g/mol. The molecule has 1 unspecified atom stereocenters. The summed E-state index contributed by atoms with van der Waals surface area (Å²) >= 11 is 3.77. The highest BCUT2D eigenvalue weighted by atomic mass is 32.2. The lowest BCUT2D eigenvalue weighted by atomic mass is 10.2. The minimum Gasteiger partial charge on any atom is -0.324 e. The molecule has 22 heavy (non-hydrogen) atoms. The van der Waals surface area contributed by atoms with Crippen LogP contribution in [0.2, 0.25) is 0 Å². The van der Waals surface area contributed by atoms with Gasteiger partial charge in [0.2, 0.25) is 0 Å². The van der Waals surface area contributed by atoms with Gasteiger partial charge in [0.15, 0.2) is 0 Å². The molecule has 0 saturated carbocycles. The molecule has 2 heterocycles. The van der Waals surface area contributed by atoms with E-state index in [2.05, 4.69) is 22.8 Å². The Morgan fingerprint density at radius 1 is 1.23 bits per heavy atom. The van der Waals surface area contributed by atoms with Crippen LogP contribution in [0.5, 0.6) is 0 Å². The second-order valence-corrected chi connectivity index (χ2v) is 7.74. The predicted octanol–water partition coefficient (Wildman–Crippen LogP) is 4.77. The van der Waals surface area contributed by atoms with Crippen molar-refractivity contribution in [1.29, 1.82) is 0 Å². The van der Waals surface area contributed by atoms with Gasteiger partial charge in [0.05, 0.1) is 0 Å². The molecule has 1 aliphatic rings. The van der Waals surface area contributed by atoms with Crippen molar-refractivity contribution in [1.82, 2.24) is 4.90 Å². The normalized spacial score (nSPS) is 18.8. The van der Waals surface area contributed by atoms with Crippen molar-refractivity contribution in [3.63, 3.8) is 0 Å². The lowest BCUT2D eigenvalue weighted by molar-refractivity contribution is 0.215. The summed E-state index contributed by atoms with van der Waals surface area (Å²) in [5, 5.41) is 5.65. The molecule has 3 nitrogen and oxygen atoms in total. The Balaban J connectivity index is 1.58. The van der Waals surface area contributed by atoms with Crippen molar-refractivity contribution in [2.45, 2.75) is 18.6 Å². The van der Waals surface area contributed by atoms with Crippen LogP contribution in [0, 0.1) is 6.92 Å². The maximum atomic E-state index is 12.4. The number of nitrogens with zero attached hydrogens (tertiary/aromatic N) is 1. The summed E-state index contributed by atoms with van der Waals surface area (Å²) in [4.78, 5) is 15.8. The number of hydrogen-bond acceptors (Lipinski definition) is 3. The predicted molar refractivity (Wildman–Crippen MR) is 95.9 cm³/mol. The number of thiophene rings is 1. The molecule has 5 heteroatoms. The number of aryl methyl sites for hydroxylation is 1. The standard InChI is InChI=1S/C17H20N2OS2/c1-13-4-6-14(7-5-13)18-17(20)19-9-8-16(22-12-10-19)15-3-2-11-21-15/h2-7,11,16H,8-10,12H2,1H3,(H,18,20). The van der Waals surface area contributed by atoms with Gasteiger partial charge in [0.25, 0.3) is 0 Å². The number of rotatable bonds is 2. The quantitative estimate of drug-likeness (QED) is 0.859. The molecule has 2 amide bonds. The summed E-state index contributed by atoms with van der Waals surface area (Å²) < 4.78 is 0. The number of benzene rings is 1. The Morgan fingerprint density at radius 3 is 2.77 bits per heavy atom. The molecule has 1 aromatic heterocycles. The van der Waals surface area contributed by atoms with E-state index in [-0.39, 0.29) is 6.03 Å². The van der Waals surface area contributed by atoms with Crippen molar-refractivity contribution in [3.05, 3.63) is 52.2 Å². The third-order valence-electron chi connectivity index (χ3n) is 3.79. The Kier molecular flexibility index (Phi) is 5.05. The molecule has 1 atom stereocenters. The average molecular weight is 332 g/mol. The number of carbonyl (C=O) groups excluding carboxylic acids is 1. The first-order chi connectivity index (χ1) is 10.7. The lowest BCUT2D eigenvalue weighted by Gasteiger charge is -2.20. The maximum absolute atomic E-state index is 12.4. The fourth-order valence-electron chi connectivity index (χ4n) is 2.51. The van der Waals surface area contributed by atoms with Gasteiger partial charge in [-0.25, -0.2) is 4.79 Å². The summed E-state index contributed by atoms with van der Waals surface area (Å²) in [6.45, 7) is 3.67. The highest BCUT2D eigenvalue weighted by molar-refractivity contribution is 7.99. The number of carbonyl (C=O) groups is 1. The van der Waals surface area contributed by atoms with Crippen molar-refractivity contribution in [2.24, 2.45) is 0 Å². The fraction of sp³-hybridized carbons (Fsp3) is 0.353. The minimum atomic E-state index is 0.0104. The molecular formula is C17H20N2OS2. The molecule has 1 saturated heterocycles. The third-order valence-corrected chi connectivity index (χ3v) is 6.24. The van der Waals surface area contributed by atoms with E-state index < -0.39 is 0 Å². The Morgan fingerprint density at radius 2 is 2.05 bits per heavy atom. The Hall–Kier alpha value is -1.46. The van der Waals surface area contributed by atoms with E-state index in [9.17, 15) is 4.79 Å². The van der Waals surface area contributed by atoms with Crippen LogP contribution in [0.3, 0.4) is 0 Å². The summed E-state index contributed by atoms with van der Waals surface area (Å²) in [6.07, 6.45) is 1.02. The molecule has 0 bridgehead atoms. The Bertz CT molecular complexity index is 610. The second-order valence-electron chi connectivity index (χ2n) is 5.45. The first-order valence-corrected chi connectivity index (χ1v) is 9.43. The van der Waals surface area contributed by atoms with Gasteiger partial charge in [-0.05, 0) is 36.9 Å². The average Bonchev–Trinajstić information content (AvgIpc) is 2.94. The van der Waals surface area contributed by atoms with Crippen LogP contribution in [0.15, 0.2) is 41.8 Å². The van der Waals surface area contributed by atoms with E-state index in [1.807, 2.05) is 59.2 Å². The summed E-state index contributed by atoms with van der Waals surface area (Å²) in [7, 11) is 0. The van der Waals surface area contributed by atoms with Crippen molar-refractivity contribution in [3.8, 4) is 0 Å². The highest BCUT2D eigenvalue weighted by Crippen LogP contribution is 2.36. The van der Waals surface area contributed by atoms with Crippen LogP contribution < -0.4 is 5.32 Å². The monoisotopic (exact) mass is 332 g/mol. The second kappa shape index (κ2) is 7.20. The SMILES string of the molecule is Cc1ccc(NC(=O)N2CCSC(c3cccs3)CC2)cc1. The van der Waals surface area contributed by atoms with E-state index in [0.717, 1.165) is 31.0 Å². The molecule has 2 aromatic rings. The first-order valence-electron chi connectivity index (χ1n) is 7.50. The van der Waals surface area contributed by atoms with Gasteiger partial charge < -0.3 is 10.2 Å². The molecule has 0 spiro atoms. The highest BCUT2D eigenvalue weighted by Gasteiger charge is 2.22. The Labute approximate surface area is 139 Å². The summed E-state index contributed by atoms with van der Waals surface area (Å²) in [5.41, 5.74) is 2.06. The molecule has 1 fully saturated rings. The summed E-state index contributed by atoms with van der Waals surface area (Å²) in [5.74, 6) is 0.990. The zero-order chi connectivity index (χ0) is 15.4. The van der Waals surface area contributed by atoms with Crippen molar-refractivity contribution < 1.29 is 4.79 Å². The topological polar surface area (TPSA) is 32.3 Å². The van der Waals surface area contributed by atoms with Crippen LogP contribution in [0.1, 0.15) is 22.1 Å². The van der Waals surface area contributed by atoms with Crippen molar-refractivity contribution in [2.75, 3.05) is 24.2 Å². The van der Waals surface area contributed by atoms with Gasteiger partial charge in [-0.1, -0.05) is 23.8 Å². The number of thioether (sulfide) groups is 1. The third kappa shape index (κ3) is 3.84. The molecule has 0 radical (unpaired) electrons. The van der Waals surface area contributed by atoms with E-state index >= 15 is 0 Å². The molecule has 1 aromatic carbocycles. The number of urea groups is 1. The van der Waals surface area contributed by atoms with Crippen molar-refractivity contribution >= 4 is 34.8 Å². The molecule has 0 aliphatic carbocycles. The molecule has 116 valence electrons. The van der Waals surface area contributed by atoms with E-state index in [4.69, 9.17) is 0 Å². The number of hydrogen-bond donors (Lipinski definition) is 1. The van der Waals surface area contributed by atoms with Crippen LogP contribution in [-0.4, -0.2) is 29.8 Å². The largest absolute Gasteiger partial charge is 0.324 e. The van der Waals surface area contributed by atoms with Gasteiger partial charge in [0.1, 0.15) is 0 Å². The van der Waals surface area contributed by atoms with Gasteiger partial charge in [-0.2, -0.15) is 11.8 Å². The number of nitrogens with one attached hydrogen (secondary N) is 1. The van der Waals surface area contributed by atoms with Crippen LogP contribution >= 0.6 is 23.1 Å². The summed E-state index contributed by atoms with van der Waals surface area (Å²) in [6, 6.07) is 12.2. The molecule has 3 rings (SSSR count). The fourth-order valence-corrected chi connectivity index (χ4v) is 4.75. The van der Waals surface area contributed by atoms with Gasteiger partial charge in [-0.15, -0.1) is 11.3 Å². The van der Waals surface area contributed by atoms with E-state index in [1.54, 1.807) is 0 Å². The maximum Gasteiger partial charge on any atom is 0.321 e. The smallest absolute Gasteiger partial charge is 0.321 e. The van der Waals surface area contributed by atoms with Crippen LogP contribution in [0.4, 0.5) is 10.5 Å². The van der Waals surface area contributed by atoms with Crippen LogP contribution in [-0.2, 0) is 0 Å². The van der Waals surface area contributed by atoms with Gasteiger partial charge in [0, 0.05) is 34.7 Å². The number of anilines is 1. The van der Waals surface area contributed by atoms with Gasteiger partial charge >= 0.3 is 6.03 Å².